The number of carbonyl (C=O) groups is 3. The molecule has 2 amide bonds. The van der Waals surface area contributed by atoms with E-state index in [-0.39, 0.29) is 18.1 Å². The molecule has 1 aromatic carbocycles. The summed E-state index contributed by atoms with van der Waals surface area (Å²) in [5, 5.41) is 13.2. The van der Waals surface area contributed by atoms with Gasteiger partial charge in [-0.2, -0.15) is 0 Å². The third-order valence-electron chi connectivity index (χ3n) is 3.79. The molecular formula is C16H18BrN3O6. The Hall–Kier alpha value is -2.49. The summed E-state index contributed by atoms with van der Waals surface area (Å²) in [6, 6.07) is 3.88. The Bertz CT molecular complexity index is 724. The van der Waals surface area contributed by atoms with Crippen molar-refractivity contribution in [2.45, 2.75) is 25.7 Å². The number of amides is 2. The van der Waals surface area contributed by atoms with Crippen LogP contribution in [0.2, 0.25) is 0 Å². The molecule has 1 aliphatic rings. The summed E-state index contributed by atoms with van der Waals surface area (Å²) in [5.41, 5.74) is 0.197. The van der Waals surface area contributed by atoms with Crippen LogP contribution in [0.15, 0.2) is 22.7 Å². The van der Waals surface area contributed by atoms with Crippen LogP contribution >= 0.6 is 15.9 Å². The Balaban J connectivity index is 1.81. The minimum atomic E-state index is -0.654. The molecule has 1 aromatic rings. The Kier molecular flexibility index (Phi) is 7.07. The van der Waals surface area contributed by atoms with Gasteiger partial charge < -0.3 is 15.0 Å². The van der Waals surface area contributed by atoms with Gasteiger partial charge in [0.05, 0.1) is 10.6 Å². The van der Waals surface area contributed by atoms with Crippen molar-refractivity contribution >= 4 is 45.1 Å². The molecule has 9 nitrogen and oxygen atoms in total. The molecule has 2 rings (SSSR count). The molecule has 1 aliphatic heterocycles. The zero-order chi connectivity index (χ0) is 19.1. The van der Waals surface area contributed by atoms with Crippen LogP contribution in [0.1, 0.15) is 25.7 Å². The Morgan fingerprint density at radius 1 is 1.31 bits per heavy atom. The highest BCUT2D eigenvalue weighted by molar-refractivity contribution is 9.10. The number of hydrogen-bond acceptors (Lipinski definition) is 6. The van der Waals surface area contributed by atoms with E-state index in [2.05, 4.69) is 21.2 Å². The maximum atomic E-state index is 11.9. The molecule has 0 bridgehead atoms. The number of anilines is 1. The first-order chi connectivity index (χ1) is 12.4. The quantitative estimate of drug-likeness (QED) is 0.422. The van der Waals surface area contributed by atoms with Gasteiger partial charge in [0.25, 0.3) is 11.6 Å². The van der Waals surface area contributed by atoms with E-state index in [9.17, 15) is 24.5 Å². The summed E-state index contributed by atoms with van der Waals surface area (Å²) in [7, 11) is 0. The van der Waals surface area contributed by atoms with Crippen LogP contribution in [0.3, 0.4) is 0 Å². The number of nitrogens with zero attached hydrogens (tertiary/aromatic N) is 2. The lowest BCUT2D eigenvalue weighted by atomic mass is 10.2. The van der Waals surface area contributed by atoms with Crippen molar-refractivity contribution in [3.05, 3.63) is 32.8 Å². The number of likely N-dealkylation sites (tertiary alicyclic amines) is 1. The number of nitro benzene ring substituents is 1. The number of halogens is 1. The molecule has 10 heteroatoms. The molecule has 1 heterocycles. The lowest BCUT2D eigenvalue weighted by molar-refractivity contribution is -0.384. The second-order valence-electron chi connectivity index (χ2n) is 5.76. The Morgan fingerprint density at radius 3 is 2.77 bits per heavy atom. The van der Waals surface area contributed by atoms with Gasteiger partial charge in [-0.15, -0.1) is 0 Å². The fraction of sp³-hybridized carbons (Fsp3) is 0.438. The monoisotopic (exact) mass is 427 g/mol. The molecule has 0 aromatic heterocycles. The van der Waals surface area contributed by atoms with E-state index < -0.39 is 23.4 Å². The molecule has 1 N–H and O–H groups in total. The van der Waals surface area contributed by atoms with Crippen LogP contribution in [0, 0.1) is 10.1 Å². The molecule has 0 saturated carbocycles. The molecule has 1 saturated heterocycles. The van der Waals surface area contributed by atoms with Gasteiger partial charge in [-0.25, -0.2) is 0 Å². The summed E-state index contributed by atoms with van der Waals surface area (Å²) in [5.74, 6) is -1.33. The van der Waals surface area contributed by atoms with Gasteiger partial charge in [0.15, 0.2) is 6.61 Å². The fourth-order valence-corrected chi connectivity index (χ4v) is 2.92. The molecule has 1 fully saturated rings. The van der Waals surface area contributed by atoms with E-state index in [4.69, 9.17) is 4.74 Å². The maximum absolute atomic E-state index is 11.9. The number of esters is 1. The topological polar surface area (TPSA) is 119 Å². The highest BCUT2D eigenvalue weighted by Crippen LogP contribution is 2.27. The highest BCUT2D eigenvalue weighted by atomic mass is 79.9. The fourth-order valence-electron chi connectivity index (χ4n) is 2.46. The van der Waals surface area contributed by atoms with Crippen molar-refractivity contribution in [2.75, 3.05) is 25.0 Å². The van der Waals surface area contributed by atoms with Gasteiger partial charge in [0.1, 0.15) is 6.54 Å². The lowest BCUT2D eigenvalue weighted by Crippen LogP contribution is -2.36. The minimum Gasteiger partial charge on any atom is -0.454 e. The third-order valence-corrected chi connectivity index (χ3v) is 4.45. The number of nitro groups is 1. The van der Waals surface area contributed by atoms with Gasteiger partial charge in [-0.1, -0.05) is 6.42 Å². The number of non-ortho nitro benzene ring substituents is 1. The first kappa shape index (κ1) is 19.8. The first-order valence-corrected chi connectivity index (χ1v) is 8.83. The van der Waals surface area contributed by atoms with Crippen molar-refractivity contribution in [2.24, 2.45) is 0 Å². The van der Waals surface area contributed by atoms with Crippen molar-refractivity contribution in [3.8, 4) is 0 Å². The van der Waals surface area contributed by atoms with Gasteiger partial charge >= 0.3 is 5.97 Å². The minimum absolute atomic E-state index is 0.0845. The normalized spacial score (nSPS) is 14.5. The van der Waals surface area contributed by atoms with Gasteiger partial charge in [-0.05, 0) is 34.8 Å². The SMILES string of the molecule is O=C(COC(=O)CN1CCCCCC1=O)Nc1ccc([N+](=O)[O-])cc1Br. The first-order valence-electron chi connectivity index (χ1n) is 8.04. The second-order valence-corrected chi connectivity index (χ2v) is 6.61. The van der Waals surface area contributed by atoms with E-state index >= 15 is 0 Å². The van der Waals surface area contributed by atoms with Gasteiger partial charge in [-0.3, -0.25) is 24.5 Å². The molecule has 0 atom stereocenters. The van der Waals surface area contributed by atoms with E-state index in [0.717, 1.165) is 19.3 Å². The summed E-state index contributed by atoms with van der Waals surface area (Å²) in [6.07, 6.45) is 3.02. The number of ether oxygens (including phenoxy) is 1. The molecule has 0 radical (unpaired) electrons. The number of nitrogens with one attached hydrogen (secondary N) is 1. The molecule has 0 spiro atoms. The van der Waals surface area contributed by atoms with Crippen LogP contribution in [-0.4, -0.2) is 47.3 Å². The van der Waals surface area contributed by atoms with Gasteiger partial charge in [0.2, 0.25) is 5.91 Å². The summed E-state index contributed by atoms with van der Waals surface area (Å²) >= 11 is 3.13. The number of rotatable bonds is 6. The summed E-state index contributed by atoms with van der Waals surface area (Å²) < 4.78 is 5.24. The number of carbonyl (C=O) groups excluding carboxylic acids is 3. The second kappa shape index (κ2) is 9.27. The van der Waals surface area contributed by atoms with E-state index in [1.165, 1.54) is 23.1 Å². The standard InChI is InChI=1S/C16H18BrN3O6/c17-12-8-11(20(24)25)5-6-13(12)18-14(21)10-26-16(23)9-19-7-3-1-2-4-15(19)22/h5-6,8H,1-4,7,9-10H2,(H,18,21). The Labute approximate surface area is 158 Å². The van der Waals surface area contributed by atoms with Crippen LogP contribution in [-0.2, 0) is 19.1 Å². The molecule has 0 unspecified atom stereocenters. The number of benzene rings is 1. The molecule has 140 valence electrons. The van der Waals surface area contributed by atoms with Crippen LogP contribution in [0.5, 0.6) is 0 Å². The summed E-state index contributed by atoms with van der Waals surface area (Å²) in [4.78, 5) is 47.1. The predicted octanol–water partition coefficient (Wildman–Crippen LogP) is 2.24. The van der Waals surface area contributed by atoms with Crippen molar-refractivity contribution in [1.29, 1.82) is 0 Å². The van der Waals surface area contributed by atoms with E-state index in [0.29, 0.717) is 23.1 Å². The van der Waals surface area contributed by atoms with E-state index in [1.807, 2.05) is 0 Å². The van der Waals surface area contributed by atoms with Crippen molar-refractivity contribution in [3.63, 3.8) is 0 Å². The molecular weight excluding hydrogens is 410 g/mol. The lowest BCUT2D eigenvalue weighted by Gasteiger charge is -2.19. The highest BCUT2D eigenvalue weighted by Gasteiger charge is 2.20. The van der Waals surface area contributed by atoms with Crippen LogP contribution in [0.4, 0.5) is 11.4 Å². The van der Waals surface area contributed by atoms with Crippen molar-refractivity contribution in [1.82, 2.24) is 4.90 Å². The zero-order valence-corrected chi connectivity index (χ0v) is 15.5. The van der Waals surface area contributed by atoms with Gasteiger partial charge in [0, 0.05) is 29.6 Å². The van der Waals surface area contributed by atoms with Crippen molar-refractivity contribution < 1.29 is 24.0 Å². The molecule has 26 heavy (non-hydrogen) atoms. The average Bonchev–Trinajstić information content (AvgIpc) is 2.79. The largest absolute Gasteiger partial charge is 0.454 e. The number of hydrogen-bond donors (Lipinski definition) is 1. The third kappa shape index (κ3) is 5.80. The maximum Gasteiger partial charge on any atom is 0.326 e. The van der Waals surface area contributed by atoms with Crippen LogP contribution in [0.25, 0.3) is 0 Å². The summed E-state index contributed by atoms with van der Waals surface area (Å²) in [6.45, 7) is -0.173. The smallest absolute Gasteiger partial charge is 0.326 e. The Morgan fingerprint density at radius 2 is 2.08 bits per heavy atom. The van der Waals surface area contributed by atoms with E-state index in [1.54, 1.807) is 0 Å². The average molecular weight is 428 g/mol. The zero-order valence-electron chi connectivity index (χ0n) is 13.9. The predicted molar refractivity (Wildman–Crippen MR) is 95.4 cm³/mol. The molecule has 0 aliphatic carbocycles. The van der Waals surface area contributed by atoms with Crippen LogP contribution < -0.4 is 5.32 Å².